The highest BCUT2D eigenvalue weighted by molar-refractivity contribution is 7.89. The van der Waals surface area contributed by atoms with Gasteiger partial charge < -0.3 is 19.5 Å². The lowest BCUT2D eigenvalue weighted by Crippen LogP contribution is -2.50. The number of amides is 1. The number of aliphatic hydroxyl groups is 1. The van der Waals surface area contributed by atoms with E-state index in [1.165, 1.54) is 10.4 Å². The fraction of sp³-hybridized carbons (Fsp3) is 0.625. The lowest BCUT2D eigenvalue weighted by atomic mass is 10.0. The normalized spacial score (nSPS) is 23.2. The number of methoxy groups -OCH3 is 1. The van der Waals surface area contributed by atoms with Gasteiger partial charge in [-0.3, -0.25) is 4.79 Å². The van der Waals surface area contributed by atoms with Crippen LogP contribution in [-0.4, -0.2) is 81.2 Å². The Morgan fingerprint density at radius 2 is 2.12 bits per heavy atom. The predicted molar refractivity (Wildman–Crippen MR) is 124 cm³/mol. The minimum absolute atomic E-state index is 0.0314. The maximum absolute atomic E-state index is 13.5. The van der Waals surface area contributed by atoms with Gasteiger partial charge in [-0.2, -0.15) is 4.31 Å². The summed E-state index contributed by atoms with van der Waals surface area (Å²) in [5.41, 5.74) is 0.605. The number of carbonyl (C=O) groups is 1. The van der Waals surface area contributed by atoms with Gasteiger partial charge in [-0.1, -0.05) is 18.8 Å². The number of hydrogen-bond donors (Lipinski definition) is 1. The van der Waals surface area contributed by atoms with E-state index in [1.54, 1.807) is 38.1 Å². The molecule has 0 saturated heterocycles. The van der Waals surface area contributed by atoms with E-state index in [4.69, 9.17) is 9.47 Å². The molecule has 1 aliphatic heterocycles. The third-order valence-corrected chi connectivity index (χ3v) is 8.18. The van der Waals surface area contributed by atoms with Gasteiger partial charge in [0, 0.05) is 44.6 Å². The molecular formula is C24H34N2O6S. The fourth-order valence-corrected chi connectivity index (χ4v) is 5.65. The number of likely N-dealkylation sites (N-methyl/N-ethyl adjacent to an activating group) is 1. The van der Waals surface area contributed by atoms with Crippen LogP contribution in [0, 0.1) is 23.7 Å². The van der Waals surface area contributed by atoms with Crippen LogP contribution in [0.1, 0.15) is 38.7 Å². The summed E-state index contributed by atoms with van der Waals surface area (Å²) in [5, 5.41) is 9.73. The zero-order valence-corrected chi connectivity index (χ0v) is 20.6. The molecule has 2 aliphatic rings. The van der Waals surface area contributed by atoms with Gasteiger partial charge in [0.05, 0.1) is 13.2 Å². The third kappa shape index (κ3) is 6.27. The van der Waals surface area contributed by atoms with E-state index in [2.05, 4.69) is 11.8 Å². The predicted octanol–water partition coefficient (Wildman–Crippen LogP) is 1.71. The summed E-state index contributed by atoms with van der Waals surface area (Å²) in [6.45, 7) is 4.06. The molecule has 3 atom stereocenters. The average molecular weight is 479 g/mol. The number of aliphatic hydroxyl groups excluding tert-OH is 1. The zero-order valence-electron chi connectivity index (χ0n) is 19.8. The molecule has 0 spiro atoms. The molecule has 33 heavy (non-hydrogen) atoms. The molecule has 9 heteroatoms. The fourth-order valence-electron chi connectivity index (χ4n) is 3.83. The van der Waals surface area contributed by atoms with E-state index < -0.39 is 22.2 Å². The number of nitrogens with zero attached hydrogens (tertiary/aromatic N) is 2. The standard InChI is InChI=1S/C24H34N2O6S/c1-17-14-26(18(2)16-27)33(29,30)23-10-9-19(6-5-11-31-4)12-21(23)32-22(17)15-25(3)24(28)13-20-7-8-20/h9-10,12,17-18,20,22,27H,7-8,11,13-16H2,1-4H3/t17-,18+,22+/m1/s1. The van der Waals surface area contributed by atoms with Crippen molar-refractivity contribution in [1.29, 1.82) is 0 Å². The second-order valence-electron chi connectivity index (χ2n) is 9.06. The van der Waals surface area contributed by atoms with E-state index in [9.17, 15) is 18.3 Å². The van der Waals surface area contributed by atoms with Crippen molar-refractivity contribution in [3.63, 3.8) is 0 Å². The molecule has 1 aliphatic carbocycles. The lowest BCUT2D eigenvalue weighted by Gasteiger charge is -2.37. The van der Waals surface area contributed by atoms with Gasteiger partial charge in [0.25, 0.3) is 0 Å². The van der Waals surface area contributed by atoms with E-state index in [0.29, 0.717) is 24.4 Å². The molecule has 182 valence electrons. The van der Waals surface area contributed by atoms with Crippen LogP contribution in [0.25, 0.3) is 0 Å². The highest BCUT2D eigenvalue weighted by Gasteiger charge is 2.38. The van der Waals surface area contributed by atoms with Crippen LogP contribution in [0.4, 0.5) is 0 Å². The molecule has 1 fully saturated rings. The number of sulfonamides is 1. The first-order valence-electron chi connectivity index (χ1n) is 11.3. The number of carbonyl (C=O) groups excluding carboxylic acids is 1. The summed E-state index contributed by atoms with van der Waals surface area (Å²) in [7, 11) is -0.597. The summed E-state index contributed by atoms with van der Waals surface area (Å²) < 4.78 is 39.5. The number of fused-ring (bicyclic) bond motifs is 1. The highest BCUT2D eigenvalue weighted by Crippen LogP contribution is 2.35. The Balaban J connectivity index is 1.97. The van der Waals surface area contributed by atoms with Gasteiger partial charge in [0.15, 0.2) is 0 Å². The van der Waals surface area contributed by atoms with Crippen LogP contribution in [0.3, 0.4) is 0 Å². The Morgan fingerprint density at radius 1 is 1.39 bits per heavy atom. The van der Waals surface area contributed by atoms with Crippen molar-refractivity contribution in [2.45, 2.75) is 50.2 Å². The van der Waals surface area contributed by atoms with E-state index in [1.807, 2.05) is 6.92 Å². The lowest BCUT2D eigenvalue weighted by molar-refractivity contribution is -0.131. The molecule has 1 aromatic rings. The molecule has 0 aromatic heterocycles. The molecule has 1 heterocycles. The minimum Gasteiger partial charge on any atom is -0.487 e. The summed E-state index contributed by atoms with van der Waals surface area (Å²) >= 11 is 0. The summed E-state index contributed by atoms with van der Waals surface area (Å²) in [5.74, 6) is 6.35. The number of benzene rings is 1. The number of rotatable bonds is 7. The number of hydrogen-bond acceptors (Lipinski definition) is 6. The van der Waals surface area contributed by atoms with Gasteiger partial charge in [0.1, 0.15) is 23.4 Å². The van der Waals surface area contributed by atoms with Gasteiger partial charge >= 0.3 is 0 Å². The molecule has 0 radical (unpaired) electrons. The van der Waals surface area contributed by atoms with Crippen molar-refractivity contribution < 1.29 is 27.8 Å². The Bertz CT molecular complexity index is 1010. The van der Waals surface area contributed by atoms with Crippen LogP contribution in [0.5, 0.6) is 5.75 Å². The topological polar surface area (TPSA) is 96.4 Å². The number of ether oxygens (including phenoxy) is 2. The van der Waals surface area contributed by atoms with E-state index in [0.717, 1.165) is 12.8 Å². The maximum Gasteiger partial charge on any atom is 0.247 e. The van der Waals surface area contributed by atoms with E-state index >= 15 is 0 Å². The Morgan fingerprint density at radius 3 is 2.76 bits per heavy atom. The first-order valence-corrected chi connectivity index (χ1v) is 12.8. The zero-order chi connectivity index (χ0) is 24.2. The summed E-state index contributed by atoms with van der Waals surface area (Å²) in [6.07, 6.45) is 2.31. The van der Waals surface area contributed by atoms with Crippen LogP contribution >= 0.6 is 0 Å². The Hall–Kier alpha value is -2.12. The Kier molecular flexibility index (Phi) is 8.40. The molecule has 1 saturated carbocycles. The highest BCUT2D eigenvalue weighted by atomic mass is 32.2. The van der Waals surface area contributed by atoms with Crippen molar-refractivity contribution in [1.82, 2.24) is 9.21 Å². The molecule has 1 aromatic carbocycles. The Labute approximate surface area is 196 Å². The largest absolute Gasteiger partial charge is 0.487 e. The first kappa shape index (κ1) is 25.5. The molecular weight excluding hydrogens is 444 g/mol. The van der Waals surface area contributed by atoms with Crippen LogP contribution in [0.15, 0.2) is 23.1 Å². The van der Waals surface area contributed by atoms with Crippen LogP contribution < -0.4 is 4.74 Å². The van der Waals surface area contributed by atoms with Crippen molar-refractivity contribution in [2.24, 2.45) is 11.8 Å². The van der Waals surface area contributed by atoms with Crippen molar-refractivity contribution in [2.75, 3.05) is 40.5 Å². The SMILES string of the molecule is COCC#Cc1ccc2c(c1)O[C@@H](CN(C)C(=O)CC1CC1)[C@H](C)CN([C@@H](C)CO)S2(=O)=O. The quantitative estimate of drug-likeness (QED) is 0.600. The summed E-state index contributed by atoms with van der Waals surface area (Å²) in [6, 6.07) is 4.15. The van der Waals surface area contributed by atoms with Crippen molar-refractivity contribution in [3.8, 4) is 17.6 Å². The van der Waals surface area contributed by atoms with Crippen molar-refractivity contribution in [3.05, 3.63) is 23.8 Å². The smallest absolute Gasteiger partial charge is 0.247 e. The van der Waals surface area contributed by atoms with Gasteiger partial charge in [0.2, 0.25) is 15.9 Å². The third-order valence-electron chi connectivity index (χ3n) is 6.16. The van der Waals surface area contributed by atoms with E-state index in [-0.39, 0.29) is 42.2 Å². The second kappa shape index (κ2) is 10.9. The second-order valence-corrected chi connectivity index (χ2v) is 10.9. The average Bonchev–Trinajstić information content (AvgIpc) is 3.59. The molecule has 8 nitrogen and oxygen atoms in total. The van der Waals surface area contributed by atoms with Gasteiger partial charge in [-0.25, -0.2) is 8.42 Å². The molecule has 1 amide bonds. The van der Waals surface area contributed by atoms with Crippen LogP contribution in [0.2, 0.25) is 0 Å². The maximum atomic E-state index is 13.5. The van der Waals surface area contributed by atoms with Gasteiger partial charge in [-0.15, -0.1) is 0 Å². The molecule has 1 N–H and O–H groups in total. The van der Waals surface area contributed by atoms with Crippen molar-refractivity contribution >= 4 is 15.9 Å². The van der Waals surface area contributed by atoms with Gasteiger partial charge in [-0.05, 0) is 43.9 Å². The minimum atomic E-state index is -3.91. The molecule has 0 unspecified atom stereocenters. The van der Waals surface area contributed by atoms with Crippen LogP contribution in [-0.2, 0) is 19.6 Å². The summed E-state index contributed by atoms with van der Waals surface area (Å²) in [4.78, 5) is 14.3. The molecule has 3 rings (SSSR count). The first-order chi connectivity index (χ1) is 15.7. The molecule has 0 bridgehead atoms. The monoisotopic (exact) mass is 478 g/mol.